The Bertz CT molecular complexity index is 775. The summed E-state index contributed by atoms with van der Waals surface area (Å²) in [6.07, 6.45) is 0.767. The summed E-state index contributed by atoms with van der Waals surface area (Å²) in [5.74, 6) is 0.747. The van der Waals surface area contributed by atoms with Crippen molar-refractivity contribution in [3.8, 4) is 5.75 Å². The minimum absolute atomic E-state index is 0.0230. The number of hydrogen-bond donors (Lipinski definition) is 1. The number of hydrogen-bond acceptors (Lipinski definition) is 4. The Morgan fingerprint density at radius 2 is 1.96 bits per heavy atom. The number of amides is 1. The van der Waals surface area contributed by atoms with Gasteiger partial charge in [0, 0.05) is 24.1 Å². The maximum absolute atomic E-state index is 12.3. The minimum Gasteiger partial charge on any atom is -0.496 e. The van der Waals surface area contributed by atoms with Crippen molar-refractivity contribution in [3.63, 3.8) is 0 Å². The summed E-state index contributed by atoms with van der Waals surface area (Å²) in [4.78, 5) is 22.9. The Balaban J connectivity index is 1.63. The van der Waals surface area contributed by atoms with E-state index < -0.39 is 4.92 Å². The number of carbonyl (C=O) groups excluding carboxylic acids is 1. The first-order chi connectivity index (χ1) is 11.6. The van der Waals surface area contributed by atoms with Crippen LogP contribution in [0, 0.1) is 16.0 Å². The van der Waals surface area contributed by atoms with E-state index in [0.29, 0.717) is 5.56 Å². The van der Waals surface area contributed by atoms with Crippen molar-refractivity contribution in [3.05, 3.63) is 69.8 Å². The molecule has 0 spiro atoms. The van der Waals surface area contributed by atoms with Gasteiger partial charge in [0.1, 0.15) is 5.75 Å². The predicted octanol–water partition coefficient (Wildman–Crippen LogP) is 3.02. The molecule has 3 rings (SSSR count). The second kappa shape index (κ2) is 6.70. The van der Waals surface area contributed by atoms with Crippen LogP contribution in [0.5, 0.6) is 5.75 Å². The molecule has 1 fully saturated rings. The average Bonchev–Trinajstić information content (AvgIpc) is 3.40. The summed E-state index contributed by atoms with van der Waals surface area (Å²) >= 11 is 0. The van der Waals surface area contributed by atoms with Crippen molar-refractivity contribution in [2.24, 2.45) is 5.92 Å². The summed E-state index contributed by atoms with van der Waals surface area (Å²) in [5, 5.41) is 13.8. The molecule has 6 nitrogen and oxygen atoms in total. The number of benzene rings is 2. The molecule has 0 radical (unpaired) electrons. The second-order valence-electron chi connectivity index (χ2n) is 5.79. The molecule has 0 bridgehead atoms. The SMILES string of the molecule is COc1ccccc1C1CC1C(=O)NCc1ccccc1[N+](=O)[O-]. The smallest absolute Gasteiger partial charge is 0.274 e. The normalized spacial score (nSPS) is 18.7. The van der Waals surface area contributed by atoms with Crippen LogP contribution in [0.4, 0.5) is 5.69 Å². The molecule has 1 amide bonds. The maximum Gasteiger partial charge on any atom is 0.274 e. The molecule has 124 valence electrons. The minimum atomic E-state index is -0.434. The molecule has 0 aromatic heterocycles. The Hall–Kier alpha value is -2.89. The molecular formula is C18H18N2O4. The lowest BCUT2D eigenvalue weighted by atomic mass is 10.1. The number of nitrogens with one attached hydrogen (secondary N) is 1. The molecule has 2 aromatic carbocycles. The largest absolute Gasteiger partial charge is 0.496 e. The van der Waals surface area contributed by atoms with Crippen molar-refractivity contribution in [1.82, 2.24) is 5.32 Å². The molecule has 0 aliphatic heterocycles. The van der Waals surface area contributed by atoms with Gasteiger partial charge in [0.2, 0.25) is 5.91 Å². The number of ether oxygens (including phenoxy) is 1. The quantitative estimate of drug-likeness (QED) is 0.653. The standard InChI is InChI=1S/C18H18N2O4/c1-24-17-9-5-3-7-13(17)14-10-15(14)18(21)19-11-12-6-2-4-8-16(12)20(22)23/h2-9,14-15H,10-11H2,1H3,(H,19,21). The zero-order valence-corrected chi connectivity index (χ0v) is 13.3. The van der Waals surface area contributed by atoms with Crippen LogP contribution in [0.25, 0.3) is 0 Å². The van der Waals surface area contributed by atoms with Crippen LogP contribution < -0.4 is 10.1 Å². The average molecular weight is 326 g/mol. The Labute approximate surface area is 139 Å². The van der Waals surface area contributed by atoms with Gasteiger partial charge in [-0.15, -0.1) is 0 Å². The van der Waals surface area contributed by atoms with Gasteiger partial charge < -0.3 is 10.1 Å². The highest BCUT2D eigenvalue weighted by Gasteiger charge is 2.45. The maximum atomic E-state index is 12.3. The highest BCUT2D eigenvalue weighted by Crippen LogP contribution is 2.50. The zero-order chi connectivity index (χ0) is 17.1. The summed E-state index contributed by atoms with van der Waals surface area (Å²) in [7, 11) is 1.62. The van der Waals surface area contributed by atoms with Crippen LogP contribution >= 0.6 is 0 Å². The molecular weight excluding hydrogens is 308 g/mol. The lowest BCUT2D eigenvalue weighted by Gasteiger charge is -2.08. The van der Waals surface area contributed by atoms with E-state index in [-0.39, 0.29) is 30.0 Å². The topological polar surface area (TPSA) is 81.5 Å². The van der Waals surface area contributed by atoms with E-state index in [1.54, 1.807) is 25.3 Å². The number of nitro benzene ring substituents is 1. The first-order valence-corrected chi connectivity index (χ1v) is 7.74. The van der Waals surface area contributed by atoms with Gasteiger partial charge in [-0.25, -0.2) is 0 Å². The van der Waals surface area contributed by atoms with Crippen LogP contribution in [0.1, 0.15) is 23.5 Å². The van der Waals surface area contributed by atoms with Crippen LogP contribution in [-0.4, -0.2) is 17.9 Å². The van der Waals surface area contributed by atoms with E-state index in [4.69, 9.17) is 4.74 Å². The van der Waals surface area contributed by atoms with Crippen LogP contribution in [0.3, 0.4) is 0 Å². The summed E-state index contributed by atoms with van der Waals surface area (Å²) < 4.78 is 5.34. The lowest BCUT2D eigenvalue weighted by Crippen LogP contribution is -2.25. The van der Waals surface area contributed by atoms with Crippen molar-refractivity contribution in [2.75, 3.05) is 7.11 Å². The van der Waals surface area contributed by atoms with E-state index in [2.05, 4.69) is 5.32 Å². The van der Waals surface area contributed by atoms with E-state index in [9.17, 15) is 14.9 Å². The highest BCUT2D eigenvalue weighted by molar-refractivity contribution is 5.83. The fourth-order valence-corrected chi connectivity index (χ4v) is 2.95. The van der Waals surface area contributed by atoms with Gasteiger partial charge in [-0.2, -0.15) is 0 Å². The van der Waals surface area contributed by atoms with Crippen molar-refractivity contribution in [2.45, 2.75) is 18.9 Å². The number of rotatable bonds is 6. The number of para-hydroxylation sites is 2. The Morgan fingerprint density at radius 3 is 2.71 bits per heavy atom. The lowest BCUT2D eigenvalue weighted by molar-refractivity contribution is -0.385. The monoisotopic (exact) mass is 326 g/mol. The molecule has 6 heteroatoms. The van der Waals surface area contributed by atoms with Gasteiger partial charge in [0.25, 0.3) is 5.69 Å². The third-order valence-electron chi connectivity index (χ3n) is 4.31. The Kier molecular flexibility index (Phi) is 4.46. The molecule has 0 saturated heterocycles. The van der Waals surface area contributed by atoms with Crippen LogP contribution in [-0.2, 0) is 11.3 Å². The van der Waals surface area contributed by atoms with Crippen LogP contribution in [0.2, 0.25) is 0 Å². The van der Waals surface area contributed by atoms with Crippen molar-refractivity contribution in [1.29, 1.82) is 0 Å². The second-order valence-corrected chi connectivity index (χ2v) is 5.79. The van der Waals surface area contributed by atoms with Crippen molar-refractivity contribution >= 4 is 11.6 Å². The van der Waals surface area contributed by atoms with E-state index in [1.807, 2.05) is 24.3 Å². The van der Waals surface area contributed by atoms with Gasteiger partial charge in [-0.1, -0.05) is 36.4 Å². The number of carbonyl (C=O) groups is 1. The van der Waals surface area contributed by atoms with Gasteiger partial charge in [0.05, 0.1) is 12.0 Å². The number of nitrogens with zero attached hydrogens (tertiary/aromatic N) is 1. The molecule has 1 saturated carbocycles. The summed E-state index contributed by atoms with van der Waals surface area (Å²) in [5.41, 5.74) is 1.56. The number of nitro groups is 1. The molecule has 1 aliphatic carbocycles. The van der Waals surface area contributed by atoms with E-state index in [0.717, 1.165) is 17.7 Å². The molecule has 2 aromatic rings. The van der Waals surface area contributed by atoms with Gasteiger partial charge in [-0.3, -0.25) is 14.9 Å². The van der Waals surface area contributed by atoms with Gasteiger partial charge >= 0.3 is 0 Å². The predicted molar refractivity (Wildman–Crippen MR) is 88.8 cm³/mol. The van der Waals surface area contributed by atoms with Crippen molar-refractivity contribution < 1.29 is 14.5 Å². The summed E-state index contributed by atoms with van der Waals surface area (Å²) in [6.45, 7) is 0.158. The molecule has 0 heterocycles. The van der Waals surface area contributed by atoms with E-state index in [1.165, 1.54) is 6.07 Å². The molecule has 2 atom stereocenters. The third-order valence-corrected chi connectivity index (χ3v) is 4.31. The first-order valence-electron chi connectivity index (χ1n) is 7.74. The van der Waals surface area contributed by atoms with E-state index >= 15 is 0 Å². The zero-order valence-electron chi connectivity index (χ0n) is 13.3. The molecule has 1 aliphatic rings. The van der Waals surface area contributed by atoms with Crippen LogP contribution in [0.15, 0.2) is 48.5 Å². The molecule has 24 heavy (non-hydrogen) atoms. The first kappa shape index (κ1) is 16.0. The Morgan fingerprint density at radius 1 is 1.25 bits per heavy atom. The molecule has 2 unspecified atom stereocenters. The fraction of sp³-hybridized carbons (Fsp3) is 0.278. The highest BCUT2D eigenvalue weighted by atomic mass is 16.6. The number of methoxy groups -OCH3 is 1. The summed E-state index contributed by atoms with van der Waals surface area (Å²) in [6, 6.07) is 14.1. The van der Waals surface area contributed by atoms with Gasteiger partial charge in [0.15, 0.2) is 0 Å². The molecule has 1 N–H and O–H groups in total. The fourth-order valence-electron chi connectivity index (χ4n) is 2.95. The van der Waals surface area contributed by atoms with Gasteiger partial charge in [-0.05, 0) is 24.0 Å². The third kappa shape index (κ3) is 3.22.